The zero-order valence-corrected chi connectivity index (χ0v) is 16.0. The van der Waals surface area contributed by atoms with Crippen LogP contribution in [-0.2, 0) is 4.79 Å². The van der Waals surface area contributed by atoms with Crippen LogP contribution in [0.2, 0.25) is 0 Å². The molecule has 0 aliphatic carbocycles. The molecule has 3 saturated heterocycles. The molecule has 2 N–H and O–H groups in total. The first-order valence-corrected chi connectivity index (χ1v) is 10.1. The maximum absolute atomic E-state index is 12.7. The Hall–Kier alpha value is -2.32. The third-order valence-corrected chi connectivity index (χ3v) is 6.55. The highest BCUT2D eigenvalue weighted by atomic mass is 32.1. The lowest BCUT2D eigenvalue weighted by molar-refractivity contribution is -0.126. The summed E-state index contributed by atoms with van der Waals surface area (Å²) in [5.74, 6) is -0.846. The molecule has 3 aliphatic heterocycles. The summed E-state index contributed by atoms with van der Waals surface area (Å²) in [6.07, 6.45) is -0.790. The summed E-state index contributed by atoms with van der Waals surface area (Å²) in [6.45, 7) is 3.16. The van der Waals surface area contributed by atoms with E-state index in [1.807, 2.05) is 12.1 Å². The van der Waals surface area contributed by atoms with Crippen molar-refractivity contribution >= 4 is 28.8 Å². The van der Waals surface area contributed by atoms with Crippen molar-refractivity contribution in [2.45, 2.75) is 25.3 Å². The zero-order valence-electron chi connectivity index (χ0n) is 15.2. The normalized spacial score (nSPS) is 23.6. The molecule has 2 amide bonds. The number of amides is 2. The van der Waals surface area contributed by atoms with E-state index in [9.17, 15) is 18.4 Å². The van der Waals surface area contributed by atoms with Gasteiger partial charge in [-0.05, 0) is 61.7 Å². The van der Waals surface area contributed by atoms with Gasteiger partial charge >= 0.3 is 6.43 Å². The monoisotopic (exact) mass is 405 g/mol. The number of carbonyl (C=O) groups excluding carboxylic acids is 2. The summed E-state index contributed by atoms with van der Waals surface area (Å²) >= 11 is 1.35. The standard InChI is InChI=1S/C20H21F2N3O2S/c21-18(22)20(27)23-14-3-1-2-13(10-14)16-4-5-17(28-16)19(26)24-15-11-25-8-6-12(15)7-9-25/h1-5,10,12,15,18H,6-9,11H2,(H,23,27)(H,24,26)/t15-/m0/s1. The number of nitrogens with zero attached hydrogens (tertiary/aromatic N) is 1. The highest BCUT2D eigenvalue weighted by Gasteiger charge is 2.35. The van der Waals surface area contributed by atoms with Crippen LogP contribution in [0.25, 0.3) is 10.4 Å². The number of halogens is 2. The van der Waals surface area contributed by atoms with Crippen LogP contribution >= 0.6 is 11.3 Å². The van der Waals surface area contributed by atoms with Crippen LogP contribution < -0.4 is 10.6 Å². The Bertz CT molecular complexity index is 878. The van der Waals surface area contributed by atoms with Gasteiger partial charge < -0.3 is 15.5 Å². The second-order valence-corrected chi connectivity index (χ2v) is 8.34. The van der Waals surface area contributed by atoms with Crippen LogP contribution in [0.1, 0.15) is 22.5 Å². The van der Waals surface area contributed by atoms with Crippen LogP contribution in [0.15, 0.2) is 36.4 Å². The molecule has 148 valence electrons. The van der Waals surface area contributed by atoms with Crippen molar-refractivity contribution in [2.75, 3.05) is 25.0 Å². The van der Waals surface area contributed by atoms with Gasteiger partial charge in [0.05, 0.1) is 4.88 Å². The molecule has 3 fully saturated rings. The molecule has 5 nitrogen and oxygen atoms in total. The third kappa shape index (κ3) is 4.07. The molecule has 0 radical (unpaired) electrons. The van der Waals surface area contributed by atoms with E-state index in [1.165, 1.54) is 11.3 Å². The molecule has 8 heteroatoms. The fourth-order valence-electron chi connectivity index (χ4n) is 3.93. The first kappa shape index (κ1) is 19.0. The van der Waals surface area contributed by atoms with Gasteiger partial charge in [-0.15, -0.1) is 11.3 Å². The highest BCUT2D eigenvalue weighted by Crippen LogP contribution is 2.31. The summed E-state index contributed by atoms with van der Waals surface area (Å²) in [5.41, 5.74) is 1.06. The molecule has 1 aromatic heterocycles. The van der Waals surface area contributed by atoms with Crippen molar-refractivity contribution in [1.82, 2.24) is 10.2 Å². The first-order valence-electron chi connectivity index (χ1n) is 9.32. The van der Waals surface area contributed by atoms with Crippen LogP contribution in [0.4, 0.5) is 14.5 Å². The molecular weight excluding hydrogens is 384 g/mol. The topological polar surface area (TPSA) is 61.4 Å². The summed E-state index contributed by atoms with van der Waals surface area (Å²) in [5, 5.41) is 5.35. The van der Waals surface area contributed by atoms with Gasteiger partial charge in [0.15, 0.2) is 0 Å². The molecule has 2 bridgehead atoms. The van der Waals surface area contributed by atoms with E-state index < -0.39 is 12.3 Å². The third-order valence-electron chi connectivity index (χ3n) is 5.42. The van der Waals surface area contributed by atoms with Gasteiger partial charge in [-0.2, -0.15) is 8.78 Å². The average Bonchev–Trinajstić information content (AvgIpc) is 3.19. The number of rotatable bonds is 5. The average molecular weight is 405 g/mol. The Morgan fingerprint density at radius 1 is 1.14 bits per heavy atom. The molecule has 1 aromatic carbocycles. The van der Waals surface area contributed by atoms with Crippen molar-refractivity contribution in [3.63, 3.8) is 0 Å². The lowest BCUT2D eigenvalue weighted by Crippen LogP contribution is -2.57. The molecule has 1 atom stereocenters. The summed E-state index contributed by atoms with van der Waals surface area (Å²) in [6, 6.07) is 10.5. The first-order chi connectivity index (χ1) is 13.5. The van der Waals surface area contributed by atoms with E-state index >= 15 is 0 Å². The van der Waals surface area contributed by atoms with E-state index in [1.54, 1.807) is 24.3 Å². The number of nitrogens with one attached hydrogen (secondary N) is 2. The molecule has 0 saturated carbocycles. The van der Waals surface area contributed by atoms with Crippen molar-refractivity contribution in [3.05, 3.63) is 41.3 Å². The molecular formula is C20H21F2N3O2S. The summed E-state index contributed by atoms with van der Waals surface area (Å²) in [7, 11) is 0. The molecule has 0 unspecified atom stereocenters. The highest BCUT2D eigenvalue weighted by molar-refractivity contribution is 7.17. The number of hydrogen-bond donors (Lipinski definition) is 2. The van der Waals surface area contributed by atoms with Crippen molar-refractivity contribution in [3.8, 4) is 10.4 Å². The molecule has 3 aliphatic rings. The lowest BCUT2D eigenvalue weighted by Gasteiger charge is -2.44. The molecule has 0 spiro atoms. The number of alkyl halides is 2. The number of benzene rings is 1. The molecule has 5 rings (SSSR count). The zero-order chi connectivity index (χ0) is 19.7. The Labute approximate surface area is 165 Å². The van der Waals surface area contributed by atoms with Gasteiger partial charge in [0.1, 0.15) is 0 Å². The minimum Gasteiger partial charge on any atom is -0.347 e. The van der Waals surface area contributed by atoms with Crippen molar-refractivity contribution < 1.29 is 18.4 Å². The molecule has 2 aromatic rings. The van der Waals surface area contributed by atoms with Crippen LogP contribution in [0.3, 0.4) is 0 Å². The number of hydrogen-bond acceptors (Lipinski definition) is 4. The van der Waals surface area contributed by atoms with Gasteiger partial charge in [0.25, 0.3) is 11.8 Å². The number of anilines is 1. The Morgan fingerprint density at radius 2 is 1.93 bits per heavy atom. The Morgan fingerprint density at radius 3 is 2.61 bits per heavy atom. The van der Waals surface area contributed by atoms with Gasteiger partial charge in [-0.25, -0.2) is 0 Å². The second kappa shape index (κ2) is 7.97. The number of piperidine rings is 3. The van der Waals surface area contributed by atoms with Gasteiger partial charge in [0, 0.05) is 23.2 Å². The maximum atomic E-state index is 12.7. The van der Waals surface area contributed by atoms with E-state index in [2.05, 4.69) is 15.5 Å². The molecule has 28 heavy (non-hydrogen) atoms. The second-order valence-electron chi connectivity index (χ2n) is 7.25. The predicted molar refractivity (Wildman–Crippen MR) is 105 cm³/mol. The fourth-order valence-corrected chi connectivity index (χ4v) is 4.84. The number of carbonyl (C=O) groups is 2. The van der Waals surface area contributed by atoms with E-state index in [-0.39, 0.29) is 11.9 Å². The van der Waals surface area contributed by atoms with Gasteiger partial charge in [-0.1, -0.05) is 12.1 Å². The fraction of sp³-hybridized carbons (Fsp3) is 0.400. The van der Waals surface area contributed by atoms with E-state index in [0.717, 1.165) is 42.9 Å². The number of thiophene rings is 1. The SMILES string of the molecule is O=C(N[C@H]1CN2CCC1CC2)c1ccc(-c2cccc(NC(=O)C(F)F)c2)s1. The van der Waals surface area contributed by atoms with Crippen molar-refractivity contribution in [1.29, 1.82) is 0 Å². The Balaban J connectivity index is 1.44. The minimum absolute atomic E-state index is 0.0721. The van der Waals surface area contributed by atoms with Crippen molar-refractivity contribution in [2.24, 2.45) is 5.92 Å². The Kier molecular flexibility index (Phi) is 5.41. The van der Waals surface area contributed by atoms with Crippen LogP contribution in [0, 0.1) is 5.92 Å². The molecule has 4 heterocycles. The predicted octanol–water partition coefficient (Wildman–Crippen LogP) is 3.44. The smallest absolute Gasteiger partial charge is 0.315 e. The van der Waals surface area contributed by atoms with Gasteiger partial charge in [0.2, 0.25) is 0 Å². The number of fused-ring (bicyclic) bond motifs is 3. The van der Waals surface area contributed by atoms with E-state index in [4.69, 9.17) is 0 Å². The van der Waals surface area contributed by atoms with Crippen LogP contribution in [0.5, 0.6) is 0 Å². The maximum Gasteiger partial charge on any atom is 0.315 e. The largest absolute Gasteiger partial charge is 0.347 e. The van der Waals surface area contributed by atoms with Crippen LogP contribution in [-0.4, -0.2) is 48.8 Å². The van der Waals surface area contributed by atoms with E-state index in [0.29, 0.717) is 16.5 Å². The minimum atomic E-state index is -3.06. The quantitative estimate of drug-likeness (QED) is 0.801. The summed E-state index contributed by atoms with van der Waals surface area (Å²) < 4.78 is 24.8. The lowest BCUT2D eigenvalue weighted by atomic mass is 9.84. The summed E-state index contributed by atoms with van der Waals surface area (Å²) in [4.78, 5) is 27.7. The van der Waals surface area contributed by atoms with Gasteiger partial charge in [-0.3, -0.25) is 9.59 Å².